The molecule has 0 saturated heterocycles. The number of rotatable bonds is 6. The lowest BCUT2D eigenvalue weighted by Crippen LogP contribution is -2.14. The second kappa shape index (κ2) is 8.78. The monoisotopic (exact) mass is 465 g/mol. The predicted octanol–water partition coefficient (Wildman–Crippen LogP) is 5.69. The molecule has 0 fully saturated rings. The van der Waals surface area contributed by atoms with Gasteiger partial charge in [-0.25, -0.2) is 0 Å². The Morgan fingerprint density at radius 2 is 1.44 bits per heavy atom. The van der Waals surface area contributed by atoms with Crippen molar-refractivity contribution >= 4 is 40.6 Å². The molecule has 1 aromatic heterocycles. The van der Waals surface area contributed by atoms with Gasteiger partial charge in [-0.3, -0.25) is 9.59 Å². The number of carbonyl (C=O) groups is 2. The number of benzene rings is 3. The third-order valence-electron chi connectivity index (χ3n) is 4.76. The van der Waals surface area contributed by atoms with E-state index in [-0.39, 0.29) is 22.5 Å². The van der Waals surface area contributed by atoms with Crippen LogP contribution in [0.1, 0.15) is 26.4 Å². The number of nitrogens with one attached hydrogen (secondary N) is 1. The number of anilines is 1. The van der Waals surface area contributed by atoms with Gasteiger partial charge in [0.2, 0.25) is 5.78 Å². The summed E-state index contributed by atoms with van der Waals surface area (Å²) in [7, 11) is 0. The zero-order valence-electron chi connectivity index (χ0n) is 16.6. The van der Waals surface area contributed by atoms with Crippen molar-refractivity contribution in [3.05, 3.63) is 99.7 Å². The maximum Gasteiger partial charge on any atom is 0.253 e. The van der Waals surface area contributed by atoms with Gasteiger partial charge in [0.05, 0.1) is 16.9 Å². The minimum absolute atomic E-state index is 0.0248. The fourth-order valence-electron chi connectivity index (χ4n) is 3.31. The predicted molar refractivity (Wildman–Crippen MR) is 126 cm³/mol. The van der Waals surface area contributed by atoms with Crippen LogP contribution in [0.5, 0.6) is 11.5 Å². The molecule has 5 N–H and O–H groups in total. The number of primary amides is 1. The molecule has 160 valence electrons. The second-order valence-electron chi connectivity index (χ2n) is 6.95. The van der Waals surface area contributed by atoms with Gasteiger partial charge in [-0.1, -0.05) is 41.4 Å². The fraction of sp³-hybridized carbons (Fsp3) is 0. The fourth-order valence-corrected chi connectivity index (χ4v) is 3.84. The highest BCUT2D eigenvalue weighted by Crippen LogP contribution is 2.33. The number of carbonyl (C=O) groups excluding carboxylic acids is 2. The molecule has 8 heteroatoms. The highest BCUT2D eigenvalue weighted by atomic mass is 35.5. The first-order chi connectivity index (χ1) is 15.3. The van der Waals surface area contributed by atoms with Crippen LogP contribution >= 0.6 is 23.2 Å². The molecule has 1 heterocycles. The van der Waals surface area contributed by atoms with E-state index in [0.29, 0.717) is 32.8 Å². The number of H-pyrrole nitrogens is 1. The lowest BCUT2D eigenvalue weighted by atomic mass is 10.0. The van der Waals surface area contributed by atoms with Crippen molar-refractivity contribution in [3.8, 4) is 22.8 Å². The molecule has 0 atom stereocenters. The molecular formula is C24H17Cl2N3O3. The standard InChI is InChI=1S/C24H17Cl2N3O3/c25-15-10-14(11-16(26)12-15)23(30)22-20(27)19(24(28)31)21(29-22)13-6-8-18(9-7-13)32-17-4-2-1-3-5-17/h1-12,29H,27H2,(H2,28,31). The lowest BCUT2D eigenvalue weighted by Gasteiger charge is -2.07. The first kappa shape index (κ1) is 21.5. The maximum absolute atomic E-state index is 13.0. The van der Waals surface area contributed by atoms with Crippen LogP contribution in [0.25, 0.3) is 11.3 Å². The molecule has 0 aliphatic carbocycles. The number of para-hydroxylation sites is 1. The number of amides is 1. The first-order valence-electron chi connectivity index (χ1n) is 9.49. The van der Waals surface area contributed by atoms with E-state index in [1.807, 2.05) is 30.3 Å². The Morgan fingerprint density at radius 3 is 2.03 bits per heavy atom. The Kier molecular flexibility index (Phi) is 5.90. The van der Waals surface area contributed by atoms with Gasteiger partial charge >= 0.3 is 0 Å². The molecule has 4 aromatic rings. The number of aromatic nitrogens is 1. The van der Waals surface area contributed by atoms with Crippen LogP contribution in [0.15, 0.2) is 72.8 Å². The van der Waals surface area contributed by atoms with Gasteiger partial charge in [-0.2, -0.15) is 0 Å². The molecule has 0 aliphatic rings. The van der Waals surface area contributed by atoms with Gasteiger partial charge < -0.3 is 21.2 Å². The Labute approximate surface area is 193 Å². The number of hydrogen-bond donors (Lipinski definition) is 3. The number of aromatic amines is 1. The largest absolute Gasteiger partial charge is 0.457 e. The summed E-state index contributed by atoms with van der Waals surface area (Å²) >= 11 is 12.0. The van der Waals surface area contributed by atoms with E-state index >= 15 is 0 Å². The van der Waals surface area contributed by atoms with E-state index in [1.54, 1.807) is 24.3 Å². The Balaban J connectivity index is 1.71. The third kappa shape index (κ3) is 4.32. The van der Waals surface area contributed by atoms with E-state index in [9.17, 15) is 9.59 Å². The van der Waals surface area contributed by atoms with Crippen molar-refractivity contribution in [2.24, 2.45) is 5.73 Å². The van der Waals surface area contributed by atoms with Crippen LogP contribution in [0.4, 0.5) is 5.69 Å². The summed E-state index contributed by atoms with van der Waals surface area (Å²) in [6.07, 6.45) is 0. The molecule has 0 spiro atoms. The van der Waals surface area contributed by atoms with Crippen LogP contribution in [0.2, 0.25) is 10.0 Å². The zero-order chi connectivity index (χ0) is 22.8. The van der Waals surface area contributed by atoms with Crippen LogP contribution in [0.3, 0.4) is 0 Å². The lowest BCUT2D eigenvalue weighted by molar-refractivity contribution is 0.100. The smallest absolute Gasteiger partial charge is 0.253 e. The van der Waals surface area contributed by atoms with E-state index in [4.69, 9.17) is 39.4 Å². The summed E-state index contributed by atoms with van der Waals surface area (Å²) in [6.45, 7) is 0. The SMILES string of the molecule is NC(=O)c1c(-c2ccc(Oc3ccccc3)cc2)[nH]c(C(=O)c2cc(Cl)cc(Cl)c2)c1N. The summed E-state index contributed by atoms with van der Waals surface area (Å²) in [6, 6.07) is 20.7. The van der Waals surface area contributed by atoms with Crippen LogP contribution in [0, 0.1) is 0 Å². The summed E-state index contributed by atoms with van der Waals surface area (Å²) in [5.74, 6) is 0.0615. The molecule has 0 aliphatic heterocycles. The highest BCUT2D eigenvalue weighted by molar-refractivity contribution is 6.35. The summed E-state index contributed by atoms with van der Waals surface area (Å²) in [5, 5.41) is 0.602. The minimum atomic E-state index is -0.762. The Morgan fingerprint density at radius 1 is 0.844 bits per heavy atom. The van der Waals surface area contributed by atoms with Crippen molar-refractivity contribution < 1.29 is 14.3 Å². The van der Waals surface area contributed by atoms with Crippen LogP contribution < -0.4 is 16.2 Å². The molecule has 0 saturated carbocycles. The molecule has 0 bridgehead atoms. The number of halogens is 2. The number of hydrogen-bond acceptors (Lipinski definition) is 4. The van der Waals surface area contributed by atoms with Crippen molar-refractivity contribution in [3.63, 3.8) is 0 Å². The maximum atomic E-state index is 13.0. The van der Waals surface area contributed by atoms with Gasteiger partial charge in [-0.15, -0.1) is 0 Å². The van der Waals surface area contributed by atoms with Crippen molar-refractivity contribution in [2.75, 3.05) is 5.73 Å². The van der Waals surface area contributed by atoms with E-state index in [1.165, 1.54) is 18.2 Å². The quantitative estimate of drug-likeness (QED) is 0.317. The Hall–Kier alpha value is -3.74. The van der Waals surface area contributed by atoms with Gasteiger partial charge in [0.1, 0.15) is 17.2 Å². The van der Waals surface area contributed by atoms with E-state index in [2.05, 4.69) is 4.98 Å². The number of ether oxygens (including phenoxy) is 1. The molecular weight excluding hydrogens is 449 g/mol. The van der Waals surface area contributed by atoms with Crippen molar-refractivity contribution in [1.29, 1.82) is 0 Å². The van der Waals surface area contributed by atoms with Gasteiger partial charge in [0.25, 0.3) is 5.91 Å². The number of nitrogen functional groups attached to an aromatic ring is 1. The average Bonchev–Trinajstić information content (AvgIpc) is 3.11. The second-order valence-corrected chi connectivity index (χ2v) is 7.83. The molecule has 0 unspecified atom stereocenters. The number of nitrogens with two attached hydrogens (primary N) is 2. The molecule has 4 rings (SSSR count). The van der Waals surface area contributed by atoms with Crippen molar-refractivity contribution in [2.45, 2.75) is 0 Å². The number of ketones is 1. The first-order valence-corrected chi connectivity index (χ1v) is 10.2. The van der Waals surface area contributed by atoms with E-state index in [0.717, 1.165) is 0 Å². The zero-order valence-corrected chi connectivity index (χ0v) is 18.1. The minimum Gasteiger partial charge on any atom is -0.457 e. The molecule has 0 radical (unpaired) electrons. The van der Waals surface area contributed by atoms with Crippen molar-refractivity contribution in [1.82, 2.24) is 4.98 Å². The average molecular weight is 466 g/mol. The van der Waals surface area contributed by atoms with Crippen LogP contribution in [-0.2, 0) is 0 Å². The molecule has 1 amide bonds. The molecule has 32 heavy (non-hydrogen) atoms. The van der Waals surface area contributed by atoms with E-state index < -0.39 is 11.7 Å². The normalized spacial score (nSPS) is 10.7. The summed E-state index contributed by atoms with van der Waals surface area (Å²) in [5.41, 5.74) is 12.9. The molecule has 3 aromatic carbocycles. The van der Waals surface area contributed by atoms with Crippen LogP contribution in [-0.4, -0.2) is 16.7 Å². The van der Waals surface area contributed by atoms with Gasteiger partial charge in [0, 0.05) is 15.6 Å². The molecule has 6 nitrogen and oxygen atoms in total. The highest BCUT2D eigenvalue weighted by Gasteiger charge is 2.25. The summed E-state index contributed by atoms with van der Waals surface area (Å²) in [4.78, 5) is 28.1. The van der Waals surface area contributed by atoms with Gasteiger partial charge in [-0.05, 0) is 60.2 Å². The Bertz CT molecular complexity index is 1300. The third-order valence-corrected chi connectivity index (χ3v) is 5.20. The van der Waals surface area contributed by atoms with Gasteiger partial charge in [0.15, 0.2) is 0 Å². The summed E-state index contributed by atoms with van der Waals surface area (Å²) < 4.78 is 5.79. The topological polar surface area (TPSA) is 111 Å².